The van der Waals surface area contributed by atoms with E-state index in [4.69, 9.17) is 9.47 Å². The van der Waals surface area contributed by atoms with E-state index in [1.807, 2.05) is 61.7 Å². The molecule has 1 fully saturated rings. The predicted molar refractivity (Wildman–Crippen MR) is 106 cm³/mol. The zero-order valence-corrected chi connectivity index (χ0v) is 16.5. The molecule has 1 N–H and O–H groups in total. The van der Waals surface area contributed by atoms with E-state index in [2.05, 4.69) is 4.98 Å². The molecule has 6 heteroatoms. The van der Waals surface area contributed by atoms with Crippen LogP contribution in [0, 0.1) is 5.92 Å². The molecule has 1 aliphatic heterocycles. The van der Waals surface area contributed by atoms with Crippen molar-refractivity contribution in [1.29, 1.82) is 0 Å². The van der Waals surface area contributed by atoms with Gasteiger partial charge in [0.25, 0.3) is 0 Å². The van der Waals surface area contributed by atoms with Crippen molar-refractivity contribution in [3.8, 4) is 0 Å². The molecular weight excluding hydrogens is 356 g/mol. The van der Waals surface area contributed by atoms with Crippen LogP contribution in [0.4, 0.5) is 0 Å². The zero-order chi connectivity index (χ0) is 19.9. The molecule has 2 unspecified atom stereocenters. The summed E-state index contributed by atoms with van der Waals surface area (Å²) in [4.78, 5) is 16.8. The molecule has 2 aromatic rings. The maximum absolute atomic E-state index is 12.1. The first kappa shape index (κ1) is 18.7. The Morgan fingerprint density at radius 1 is 1.36 bits per heavy atom. The molecule has 0 bridgehead atoms. The van der Waals surface area contributed by atoms with Gasteiger partial charge in [-0.2, -0.15) is 0 Å². The summed E-state index contributed by atoms with van der Waals surface area (Å²) in [5, 5.41) is 9.90. The van der Waals surface area contributed by atoms with Crippen molar-refractivity contribution >= 4 is 17.2 Å². The Morgan fingerprint density at radius 3 is 2.93 bits per heavy atom. The summed E-state index contributed by atoms with van der Waals surface area (Å²) in [5.41, 5.74) is 2.44. The number of carbonyl (C=O) groups is 1. The number of aliphatic carboxylic acids is 1. The third-order valence-electron chi connectivity index (χ3n) is 5.09. The standard InChI is InChI=1S/C22H26N2O4/c1-22(2,3)28-20(21(25)26)18-19(24-11-5-4-8-17(24)23-18)15-9-10-16-14(13-15)7-6-12-27-16/h4-5,8-11,14,20H,6-7,12-13H2,1-3H3,(H,25,26). The number of nitrogens with zero attached hydrogens (tertiary/aromatic N) is 2. The first-order chi connectivity index (χ1) is 13.3. The van der Waals surface area contributed by atoms with Crippen molar-refractivity contribution in [2.24, 2.45) is 5.92 Å². The van der Waals surface area contributed by atoms with Crippen molar-refractivity contribution in [2.45, 2.75) is 51.7 Å². The highest BCUT2D eigenvalue weighted by Crippen LogP contribution is 2.40. The van der Waals surface area contributed by atoms with Crippen molar-refractivity contribution in [3.63, 3.8) is 0 Å². The second kappa shape index (κ2) is 7.09. The lowest BCUT2D eigenvalue weighted by Crippen LogP contribution is -2.28. The Morgan fingerprint density at radius 2 is 2.18 bits per heavy atom. The van der Waals surface area contributed by atoms with Gasteiger partial charge in [-0.1, -0.05) is 12.1 Å². The molecule has 0 spiro atoms. The van der Waals surface area contributed by atoms with E-state index in [1.54, 1.807) is 0 Å². The van der Waals surface area contributed by atoms with Crippen molar-refractivity contribution in [3.05, 3.63) is 53.7 Å². The Labute approximate surface area is 164 Å². The number of carboxylic acid groups (broad SMARTS) is 1. The molecule has 148 valence electrons. The van der Waals surface area contributed by atoms with Crippen LogP contribution in [0.1, 0.15) is 57.5 Å². The van der Waals surface area contributed by atoms with Crippen LogP contribution in [-0.2, 0) is 14.3 Å². The SMILES string of the molecule is CC(C)(C)OC(C(=O)O)c1nc2ccccn2c1C1=CC=C2OCCCC2C1. The summed E-state index contributed by atoms with van der Waals surface area (Å²) < 4.78 is 13.7. The monoisotopic (exact) mass is 382 g/mol. The number of ether oxygens (including phenoxy) is 2. The van der Waals surface area contributed by atoms with E-state index in [1.165, 1.54) is 0 Å². The van der Waals surface area contributed by atoms with E-state index in [9.17, 15) is 9.90 Å². The van der Waals surface area contributed by atoms with Crippen LogP contribution in [0.15, 0.2) is 42.3 Å². The van der Waals surface area contributed by atoms with Gasteiger partial charge in [-0.25, -0.2) is 9.78 Å². The molecular formula is C22H26N2O4. The van der Waals surface area contributed by atoms with Gasteiger partial charge in [-0.15, -0.1) is 0 Å². The zero-order valence-electron chi connectivity index (χ0n) is 16.5. The molecule has 0 radical (unpaired) electrons. The predicted octanol–water partition coefficient (Wildman–Crippen LogP) is 4.37. The second-order valence-electron chi connectivity index (χ2n) is 8.38. The van der Waals surface area contributed by atoms with E-state index in [0.717, 1.165) is 42.9 Å². The normalized spacial score (nSPS) is 20.8. The summed E-state index contributed by atoms with van der Waals surface area (Å²) in [6.45, 7) is 6.33. The maximum atomic E-state index is 12.1. The van der Waals surface area contributed by atoms with E-state index >= 15 is 0 Å². The fourth-order valence-corrected chi connectivity index (χ4v) is 3.95. The fourth-order valence-electron chi connectivity index (χ4n) is 3.95. The number of imidazole rings is 1. The molecule has 1 saturated heterocycles. The number of fused-ring (bicyclic) bond motifs is 2. The lowest BCUT2D eigenvalue weighted by molar-refractivity contribution is -0.161. The first-order valence-electron chi connectivity index (χ1n) is 9.75. The minimum atomic E-state index is -1.14. The Bertz CT molecular complexity index is 965. The van der Waals surface area contributed by atoms with Gasteiger partial charge in [0.15, 0.2) is 6.10 Å². The summed E-state index contributed by atoms with van der Waals surface area (Å²) in [6.07, 6.45) is 7.78. The molecule has 0 aromatic carbocycles. The molecule has 2 aromatic heterocycles. The molecule has 0 saturated carbocycles. The average molecular weight is 382 g/mol. The summed E-state index contributed by atoms with van der Waals surface area (Å²) in [7, 11) is 0. The molecule has 6 nitrogen and oxygen atoms in total. The van der Waals surface area contributed by atoms with Gasteiger partial charge in [0.1, 0.15) is 11.3 Å². The maximum Gasteiger partial charge on any atom is 0.339 e. The smallest absolute Gasteiger partial charge is 0.339 e. The number of aromatic nitrogens is 2. The lowest BCUT2D eigenvalue weighted by atomic mass is 9.85. The summed E-state index contributed by atoms with van der Waals surface area (Å²) in [6, 6.07) is 5.71. The largest absolute Gasteiger partial charge is 0.498 e. The van der Waals surface area contributed by atoms with Crippen LogP contribution in [0.2, 0.25) is 0 Å². The number of carboxylic acids is 1. The number of rotatable bonds is 4. The minimum Gasteiger partial charge on any atom is -0.498 e. The highest BCUT2D eigenvalue weighted by atomic mass is 16.5. The van der Waals surface area contributed by atoms with E-state index in [0.29, 0.717) is 17.3 Å². The van der Waals surface area contributed by atoms with Crippen LogP contribution in [0.25, 0.3) is 11.2 Å². The van der Waals surface area contributed by atoms with E-state index in [-0.39, 0.29) is 0 Å². The van der Waals surface area contributed by atoms with Gasteiger partial charge in [0.2, 0.25) is 0 Å². The number of hydrogen-bond acceptors (Lipinski definition) is 4. The molecule has 2 atom stereocenters. The van der Waals surface area contributed by atoms with Crippen LogP contribution in [0.3, 0.4) is 0 Å². The van der Waals surface area contributed by atoms with Gasteiger partial charge >= 0.3 is 5.97 Å². The van der Waals surface area contributed by atoms with Crippen molar-refractivity contribution < 1.29 is 19.4 Å². The number of allylic oxidation sites excluding steroid dienone is 4. The molecule has 28 heavy (non-hydrogen) atoms. The highest BCUT2D eigenvalue weighted by molar-refractivity contribution is 5.79. The lowest BCUT2D eigenvalue weighted by Gasteiger charge is -2.30. The summed E-state index contributed by atoms with van der Waals surface area (Å²) >= 11 is 0. The molecule has 1 aliphatic carbocycles. The van der Waals surface area contributed by atoms with Gasteiger partial charge < -0.3 is 14.6 Å². The van der Waals surface area contributed by atoms with Gasteiger partial charge in [0.05, 0.1) is 23.7 Å². The topological polar surface area (TPSA) is 73.1 Å². The number of hydrogen-bond donors (Lipinski definition) is 1. The third kappa shape index (κ3) is 3.56. The molecule has 2 aliphatic rings. The Kier molecular flexibility index (Phi) is 4.75. The van der Waals surface area contributed by atoms with Crippen LogP contribution in [-0.4, -0.2) is 32.7 Å². The van der Waals surface area contributed by atoms with Crippen LogP contribution >= 0.6 is 0 Å². The van der Waals surface area contributed by atoms with Crippen molar-refractivity contribution in [2.75, 3.05) is 6.61 Å². The molecule has 0 amide bonds. The van der Waals surface area contributed by atoms with E-state index < -0.39 is 17.7 Å². The van der Waals surface area contributed by atoms with Crippen molar-refractivity contribution in [1.82, 2.24) is 9.38 Å². The van der Waals surface area contributed by atoms with Gasteiger partial charge in [0, 0.05) is 12.1 Å². The first-order valence-corrected chi connectivity index (χ1v) is 9.75. The second-order valence-corrected chi connectivity index (χ2v) is 8.38. The molecule has 3 heterocycles. The van der Waals surface area contributed by atoms with Crippen LogP contribution < -0.4 is 0 Å². The third-order valence-corrected chi connectivity index (χ3v) is 5.09. The Balaban J connectivity index is 1.85. The Hall–Kier alpha value is -2.60. The fraction of sp³-hybridized carbons (Fsp3) is 0.455. The number of pyridine rings is 1. The quantitative estimate of drug-likeness (QED) is 0.850. The molecule has 4 rings (SSSR count). The average Bonchev–Trinajstić information content (AvgIpc) is 3.04. The highest BCUT2D eigenvalue weighted by Gasteiger charge is 2.34. The van der Waals surface area contributed by atoms with Gasteiger partial charge in [-0.05, 0) is 63.8 Å². The van der Waals surface area contributed by atoms with Crippen LogP contribution in [0.5, 0.6) is 0 Å². The summed E-state index contributed by atoms with van der Waals surface area (Å²) in [5.74, 6) is 0.335. The minimum absolute atomic E-state index is 0.336. The van der Waals surface area contributed by atoms with Gasteiger partial charge in [-0.3, -0.25) is 4.40 Å².